The van der Waals surface area contributed by atoms with Gasteiger partial charge in [0, 0.05) is 24.2 Å². The molecule has 1 rings (SSSR count). The average molecular weight is 190 g/mol. The van der Waals surface area contributed by atoms with Crippen LogP contribution in [-0.2, 0) is 9.53 Å². The van der Waals surface area contributed by atoms with Crippen LogP contribution in [0.25, 0.3) is 0 Å². The van der Waals surface area contributed by atoms with E-state index in [1.807, 2.05) is 0 Å². The minimum absolute atomic E-state index is 0.280. The maximum absolute atomic E-state index is 10.2. The Kier molecular flexibility index (Phi) is 4.46. The van der Waals surface area contributed by atoms with Gasteiger partial charge in [0.25, 0.3) is 0 Å². The third-order valence-corrected chi connectivity index (χ3v) is 3.22. The monoisotopic (exact) mass is 190 g/mol. The molecule has 0 aromatic heterocycles. The lowest BCUT2D eigenvalue weighted by Gasteiger charge is -2.20. The molecule has 1 heterocycles. The van der Waals surface area contributed by atoms with E-state index < -0.39 is 5.97 Å². The van der Waals surface area contributed by atoms with Gasteiger partial charge in [-0.1, -0.05) is 0 Å². The maximum atomic E-state index is 10.2. The molecular formula is C8H14O3S. The molecular weight excluding hydrogens is 176 g/mol. The van der Waals surface area contributed by atoms with E-state index in [1.165, 1.54) is 0 Å². The van der Waals surface area contributed by atoms with Crippen molar-refractivity contribution in [2.75, 3.05) is 19.0 Å². The molecule has 0 atom stereocenters. The summed E-state index contributed by atoms with van der Waals surface area (Å²) in [5, 5.41) is 9.03. The van der Waals surface area contributed by atoms with E-state index in [4.69, 9.17) is 9.84 Å². The second kappa shape index (κ2) is 5.43. The van der Waals surface area contributed by atoms with Crippen molar-refractivity contribution < 1.29 is 14.6 Å². The van der Waals surface area contributed by atoms with Gasteiger partial charge in [-0.05, 0) is 12.8 Å². The summed E-state index contributed by atoms with van der Waals surface area (Å²) in [6.45, 7) is 1.68. The number of thioether (sulfide) groups is 1. The molecule has 0 aliphatic carbocycles. The fourth-order valence-corrected chi connectivity index (χ4v) is 2.31. The topological polar surface area (TPSA) is 46.5 Å². The zero-order valence-corrected chi connectivity index (χ0v) is 7.81. The first-order chi connectivity index (χ1) is 5.79. The van der Waals surface area contributed by atoms with E-state index in [-0.39, 0.29) is 6.42 Å². The molecule has 4 heteroatoms. The quantitative estimate of drug-likeness (QED) is 0.727. The van der Waals surface area contributed by atoms with E-state index in [2.05, 4.69) is 0 Å². The highest BCUT2D eigenvalue weighted by atomic mass is 32.2. The Morgan fingerprint density at radius 2 is 2.17 bits per heavy atom. The zero-order valence-electron chi connectivity index (χ0n) is 6.99. The van der Waals surface area contributed by atoms with Crippen molar-refractivity contribution in [3.05, 3.63) is 0 Å². The van der Waals surface area contributed by atoms with Gasteiger partial charge in [-0.15, -0.1) is 0 Å². The molecule has 70 valence electrons. The number of carboxylic acid groups (broad SMARTS) is 1. The molecule has 1 N–H and O–H groups in total. The van der Waals surface area contributed by atoms with Gasteiger partial charge in [0.15, 0.2) is 0 Å². The molecule has 0 aromatic rings. The Morgan fingerprint density at radius 3 is 2.75 bits per heavy atom. The van der Waals surface area contributed by atoms with Crippen molar-refractivity contribution in [2.24, 2.45) is 0 Å². The molecule has 3 nitrogen and oxygen atoms in total. The highest BCUT2D eigenvalue weighted by Gasteiger charge is 2.13. The number of ether oxygens (including phenoxy) is 1. The van der Waals surface area contributed by atoms with Crippen LogP contribution in [0.4, 0.5) is 0 Å². The number of rotatable bonds is 4. The standard InChI is InChI=1S/C8H14O3S/c9-8(10)3-6-12-7-1-4-11-5-2-7/h7H,1-6H2,(H,9,10). The van der Waals surface area contributed by atoms with Crippen LogP contribution in [0.2, 0.25) is 0 Å². The minimum atomic E-state index is -0.699. The highest BCUT2D eigenvalue weighted by molar-refractivity contribution is 7.99. The van der Waals surface area contributed by atoms with Crippen LogP contribution in [0.3, 0.4) is 0 Å². The second-order valence-corrected chi connectivity index (χ2v) is 4.23. The third-order valence-electron chi connectivity index (χ3n) is 1.84. The Morgan fingerprint density at radius 1 is 1.50 bits per heavy atom. The van der Waals surface area contributed by atoms with E-state index in [0.29, 0.717) is 5.25 Å². The zero-order chi connectivity index (χ0) is 8.81. The van der Waals surface area contributed by atoms with Gasteiger partial charge in [0.1, 0.15) is 0 Å². The summed E-state index contributed by atoms with van der Waals surface area (Å²) in [5.74, 6) is 0.0366. The van der Waals surface area contributed by atoms with Gasteiger partial charge in [0.2, 0.25) is 0 Å². The molecule has 1 aliphatic rings. The first-order valence-corrected chi connectivity index (χ1v) is 5.25. The van der Waals surface area contributed by atoms with E-state index in [0.717, 1.165) is 31.8 Å². The molecule has 0 spiro atoms. The van der Waals surface area contributed by atoms with Crippen molar-refractivity contribution in [1.29, 1.82) is 0 Å². The van der Waals surface area contributed by atoms with Gasteiger partial charge in [-0.2, -0.15) is 11.8 Å². The van der Waals surface area contributed by atoms with Crippen LogP contribution in [0.1, 0.15) is 19.3 Å². The largest absolute Gasteiger partial charge is 0.481 e. The number of carbonyl (C=O) groups is 1. The van der Waals surface area contributed by atoms with Crippen LogP contribution in [0.15, 0.2) is 0 Å². The normalized spacial score (nSPS) is 19.3. The Hall–Kier alpha value is -0.220. The first-order valence-electron chi connectivity index (χ1n) is 4.20. The number of carboxylic acids is 1. The fourth-order valence-electron chi connectivity index (χ4n) is 1.16. The lowest BCUT2D eigenvalue weighted by molar-refractivity contribution is -0.136. The predicted octanol–water partition coefficient (Wildman–Crippen LogP) is 1.37. The van der Waals surface area contributed by atoms with Crippen molar-refractivity contribution in [1.82, 2.24) is 0 Å². The van der Waals surface area contributed by atoms with Crippen molar-refractivity contribution >= 4 is 17.7 Å². The average Bonchev–Trinajstić information content (AvgIpc) is 2.05. The summed E-state index contributed by atoms with van der Waals surface area (Å²) in [6, 6.07) is 0. The van der Waals surface area contributed by atoms with Gasteiger partial charge in [-0.25, -0.2) is 0 Å². The third kappa shape index (κ3) is 3.97. The van der Waals surface area contributed by atoms with Crippen LogP contribution >= 0.6 is 11.8 Å². The highest BCUT2D eigenvalue weighted by Crippen LogP contribution is 2.22. The molecule has 12 heavy (non-hydrogen) atoms. The molecule has 1 saturated heterocycles. The molecule has 0 aromatic carbocycles. The lowest BCUT2D eigenvalue weighted by Crippen LogP contribution is -2.18. The SMILES string of the molecule is O=C(O)CCSC1CCOCC1. The van der Waals surface area contributed by atoms with Gasteiger partial charge in [-0.3, -0.25) is 4.79 Å². The summed E-state index contributed by atoms with van der Waals surface area (Å²) in [7, 11) is 0. The minimum Gasteiger partial charge on any atom is -0.481 e. The summed E-state index contributed by atoms with van der Waals surface area (Å²) in [5.41, 5.74) is 0. The van der Waals surface area contributed by atoms with Gasteiger partial charge < -0.3 is 9.84 Å². The molecule has 0 bridgehead atoms. The summed E-state index contributed by atoms with van der Waals surface area (Å²) in [4.78, 5) is 10.2. The number of hydrogen-bond donors (Lipinski definition) is 1. The van der Waals surface area contributed by atoms with Crippen molar-refractivity contribution in [2.45, 2.75) is 24.5 Å². The smallest absolute Gasteiger partial charge is 0.304 e. The predicted molar refractivity (Wildman–Crippen MR) is 48.6 cm³/mol. The Bertz CT molecular complexity index is 143. The van der Waals surface area contributed by atoms with E-state index in [1.54, 1.807) is 11.8 Å². The van der Waals surface area contributed by atoms with E-state index in [9.17, 15) is 4.79 Å². The second-order valence-electron chi connectivity index (χ2n) is 2.83. The number of aliphatic carboxylic acids is 1. The van der Waals surface area contributed by atoms with Crippen LogP contribution in [0.5, 0.6) is 0 Å². The number of hydrogen-bond acceptors (Lipinski definition) is 3. The molecule has 0 unspecified atom stereocenters. The molecule has 1 fully saturated rings. The fraction of sp³-hybridized carbons (Fsp3) is 0.875. The van der Waals surface area contributed by atoms with E-state index >= 15 is 0 Å². The van der Waals surface area contributed by atoms with Crippen LogP contribution in [-0.4, -0.2) is 35.3 Å². The van der Waals surface area contributed by atoms with Crippen LogP contribution in [0, 0.1) is 0 Å². The molecule has 0 radical (unpaired) electrons. The summed E-state index contributed by atoms with van der Waals surface area (Å²) < 4.78 is 5.20. The maximum Gasteiger partial charge on any atom is 0.304 e. The molecule has 0 amide bonds. The van der Waals surface area contributed by atoms with Gasteiger partial charge >= 0.3 is 5.97 Å². The Labute approximate surface area is 76.5 Å². The van der Waals surface area contributed by atoms with Crippen molar-refractivity contribution in [3.63, 3.8) is 0 Å². The van der Waals surface area contributed by atoms with Crippen LogP contribution < -0.4 is 0 Å². The van der Waals surface area contributed by atoms with Gasteiger partial charge in [0.05, 0.1) is 6.42 Å². The molecule has 1 aliphatic heterocycles. The molecule has 0 saturated carbocycles. The Balaban J connectivity index is 2.01. The van der Waals surface area contributed by atoms with Crippen molar-refractivity contribution in [3.8, 4) is 0 Å². The lowest BCUT2D eigenvalue weighted by atomic mass is 10.2. The summed E-state index contributed by atoms with van der Waals surface area (Å²) in [6.07, 6.45) is 2.43. The summed E-state index contributed by atoms with van der Waals surface area (Å²) >= 11 is 1.76. The first kappa shape index (κ1) is 9.86.